The molecule has 0 aliphatic carbocycles. The molecule has 1 aromatic heterocycles. The van der Waals surface area contributed by atoms with Crippen molar-refractivity contribution in [1.29, 1.82) is 0 Å². The number of aryl methyl sites for hydroxylation is 4. The Kier molecular flexibility index (Phi) is 4.87. The van der Waals surface area contributed by atoms with Crippen molar-refractivity contribution in [3.05, 3.63) is 51.5 Å². The number of hydrazine groups is 1. The first-order chi connectivity index (χ1) is 11.0. The molecule has 6 nitrogen and oxygen atoms in total. The molecule has 0 bridgehead atoms. The highest BCUT2D eigenvalue weighted by Crippen LogP contribution is 2.25. The van der Waals surface area contributed by atoms with E-state index in [1.54, 1.807) is 33.8 Å². The number of hydrogen-bond acceptors (Lipinski definition) is 4. The Morgan fingerprint density at radius 1 is 0.958 bits per heavy atom. The molecule has 7 heteroatoms. The average Bonchev–Trinajstić information content (AvgIpc) is 2.81. The van der Waals surface area contributed by atoms with Gasteiger partial charge in [0.05, 0.1) is 10.5 Å². The van der Waals surface area contributed by atoms with Crippen LogP contribution in [0.15, 0.2) is 21.4 Å². The molecule has 0 radical (unpaired) electrons. The van der Waals surface area contributed by atoms with Crippen molar-refractivity contribution >= 4 is 15.9 Å². The van der Waals surface area contributed by atoms with Crippen LogP contribution in [-0.2, 0) is 10.0 Å². The maximum atomic E-state index is 12.7. The molecule has 1 amide bonds. The number of amides is 1. The zero-order chi connectivity index (χ0) is 18.2. The van der Waals surface area contributed by atoms with Gasteiger partial charge in [-0.15, -0.1) is 4.83 Å². The van der Waals surface area contributed by atoms with Gasteiger partial charge in [-0.2, -0.15) is 0 Å². The number of benzene rings is 1. The Bertz CT molecular complexity index is 885. The van der Waals surface area contributed by atoms with E-state index in [4.69, 9.17) is 4.42 Å². The molecule has 130 valence electrons. The van der Waals surface area contributed by atoms with Crippen molar-refractivity contribution in [1.82, 2.24) is 10.3 Å². The number of furan rings is 1. The summed E-state index contributed by atoms with van der Waals surface area (Å²) in [6.45, 7) is 10.6. The lowest BCUT2D eigenvalue weighted by atomic mass is 10.0. The van der Waals surface area contributed by atoms with Gasteiger partial charge in [-0.25, -0.2) is 8.42 Å². The number of carbonyl (C=O) groups excluding carboxylic acids is 1. The maximum Gasteiger partial charge on any atom is 0.269 e. The van der Waals surface area contributed by atoms with Gasteiger partial charge in [0, 0.05) is 0 Å². The Morgan fingerprint density at radius 3 is 1.96 bits per heavy atom. The van der Waals surface area contributed by atoms with Gasteiger partial charge in [0.25, 0.3) is 15.9 Å². The summed E-state index contributed by atoms with van der Waals surface area (Å²) in [6, 6.07) is 3.51. The van der Waals surface area contributed by atoms with Gasteiger partial charge in [-0.05, 0) is 69.9 Å². The molecule has 2 aromatic rings. The van der Waals surface area contributed by atoms with E-state index in [-0.39, 0.29) is 4.90 Å². The molecular weight excluding hydrogens is 328 g/mol. The quantitative estimate of drug-likeness (QED) is 0.830. The van der Waals surface area contributed by atoms with Crippen LogP contribution < -0.4 is 10.3 Å². The molecule has 2 N–H and O–H groups in total. The van der Waals surface area contributed by atoms with E-state index in [2.05, 4.69) is 10.3 Å². The second-order valence-corrected chi connectivity index (χ2v) is 7.60. The molecule has 0 saturated heterocycles. The molecule has 24 heavy (non-hydrogen) atoms. The van der Waals surface area contributed by atoms with E-state index in [9.17, 15) is 13.2 Å². The Labute approximate surface area is 142 Å². The number of carbonyl (C=O) groups is 1. The summed E-state index contributed by atoms with van der Waals surface area (Å²) in [5.41, 5.74) is 5.63. The van der Waals surface area contributed by atoms with Crippen LogP contribution in [0, 0.1) is 41.5 Å². The van der Waals surface area contributed by atoms with E-state index in [0.717, 1.165) is 11.1 Å². The smallest absolute Gasteiger partial charge is 0.269 e. The second kappa shape index (κ2) is 6.41. The summed E-state index contributed by atoms with van der Waals surface area (Å²) in [5.74, 6) is 0.456. The first-order valence-electron chi connectivity index (χ1n) is 7.51. The molecule has 0 aliphatic heterocycles. The highest BCUT2D eigenvalue weighted by molar-refractivity contribution is 7.89. The molecular formula is C17H22N2O4S. The zero-order valence-corrected chi connectivity index (χ0v) is 15.5. The van der Waals surface area contributed by atoms with Gasteiger partial charge in [0.1, 0.15) is 11.5 Å². The van der Waals surface area contributed by atoms with E-state index in [1.807, 2.05) is 19.9 Å². The highest BCUT2D eigenvalue weighted by Gasteiger charge is 2.23. The summed E-state index contributed by atoms with van der Waals surface area (Å²) in [7, 11) is -3.89. The SMILES string of the molecule is Cc1cc(C(=O)NNS(=O)(=O)c2c(C)c(C)cc(C)c2C)c(C)o1. The largest absolute Gasteiger partial charge is 0.466 e. The van der Waals surface area contributed by atoms with Crippen LogP contribution in [0.4, 0.5) is 0 Å². The first kappa shape index (κ1) is 18.2. The minimum absolute atomic E-state index is 0.195. The van der Waals surface area contributed by atoms with Gasteiger partial charge in [-0.3, -0.25) is 10.2 Å². The third kappa shape index (κ3) is 3.37. The summed E-state index contributed by atoms with van der Waals surface area (Å²) in [6.07, 6.45) is 0. The van der Waals surface area contributed by atoms with Crippen molar-refractivity contribution in [2.24, 2.45) is 0 Å². The topological polar surface area (TPSA) is 88.4 Å². The van der Waals surface area contributed by atoms with Gasteiger partial charge < -0.3 is 4.42 Å². The van der Waals surface area contributed by atoms with Gasteiger partial charge >= 0.3 is 0 Å². The lowest BCUT2D eigenvalue weighted by Gasteiger charge is -2.16. The number of nitrogens with one attached hydrogen (secondary N) is 2. The van der Waals surface area contributed by atoms with Gasteiger partial charge in [-0.1, -0.05) is 6.07 Å². The minimum atomic E-state index is -3.89. The third-order valence-electron chi connectivity index (χ3n) is 4.15. The Morgan fingerprint density at radius 2 is 1.50 bits per heavy atom. The molecule has 0 unspecified atom stereocenters. The predicted molar refractivity (Wildman–Crippen MR) is 91.4 cm³/mol. The summed E-state index contributed by atoms with van der Waals surface area (Å²) >= 11 is 0. The van der Waals surface area contributed by atoms with Crippen LogP contribution in [0.25, 0.3) is 0 Å². The number of hydrogen-bond donors (Lipinski definition) is 2. The summed E-state index contributed by atoms with van der Waals surface area (Å²) in [4.78, 5) is 14.5. The van der Waals surface area contributed by atoms with Crippen molar-refractivity contribution in [2.75, 3.05) is 0 Å². The van der Waals surface area contributed by atoms with Crippen molar-refractivity contribution in [3.63, 3.8) is 0 Å². The third-order valence-corrected chi connectivity index (χ3v) is 5.67. The molecule has 2 rings (SSSR count). The fourth-order valence-electron chi connectivity index (χ4n) is 2.67. The Hall–Kier alpha value is -2.12. The maximum absolute atomic E-state index is 12.7. The van der Waals surface area contributed by atoms with Crippen molar-refractivity contribution in [2.45, 2.75) is 46.4 Å². The van der Waals surface area contributed by atoms with Crippen LogP contribution in [-0.4, -0.2) is 14.3 Å². The zero-order valence-electron chi connectivity index (χ0n) is 14.7. The van der Waals surface area contributed by atoms with Gasteiger partial charge in [0.15, 0.2) is 0 Å². The lowest BCUT2D eigenvalue weighted by Crippen LogP contribution is -2.42. The standard InChI is InChI=1S/C17H22N2O4S/c1-9-7-10(2)13(5)16(12(9)4)24(21,22)19-18-17(20)15-8-11(3)23-14(15)6/h7-8,19H,1-6H3,(H,18,20). The molecule has 1 heterocycles. The average molecular weight is 350 g/mol. The molecule has 1 aromatic carbocycles. The van der Waals surface area contributed by atoms with Gasteiger partial charge in [0.2, 0.25) is 0 Å². The Balaban J connectivity index is 2.30. The lowest BCUT2D eigenvalue weighted by molar-refractivity contribution is 0.0943. The van der Waals surface area contributed by atoms with E-state index in [0.29, 0.717) is 28.2 Å². The number of rotatable bonds is 4. The predicted octanol–water partition coefficient (Wildman–Crippen LogP) is 2.75. The van der Waals surface area contributed by atoms with Crippen LogP contribution in [0.3, 0.4) is 0 Å². The summed E-state index contributed by atoms with van der Waals surface area (Å²) in [5, 5.41) is 0. The molecule has 0 aliphatic rings. The van der Waals surface area contributed by atoms with Crippen molar-refractivity contribution < 1.29 is 17.6 Å². The van der Waals surface area contributed by atoms with E-state index < -0.39 is 15.9 Å². The minimum Gasteiger partial charge on any atom is -0.466 e. The fraction of sp³-hybridized carbons (Fsp3) is 0.353. The highest BCUT2D eigenvalue weighted by atomic mass is 32.2. The molecule has 0 fully saturated rings. The summed E-state index contributed by atoms with van der Waals surface area (Å²) < 4.78 is 30.6. The van der Waals surface area contributed by atoms with Crippen molar-refractivity contribution in [3.8, 4) is 0 Å². The monoisotopic (exact) mass is 350 g/mol. The van der Waals surface area contributed by atoms with Crippen LogP contribution in [0.1, 0.15) is 44.1 Å². The first-order valence-corrected chi connectivity index (χ1v) is 8.99. The fourth-order valence-corrected chi connectivity index (χ4v) is 4.13. The van der Waals surface area contributed by atoms with E-state index in [1.165, 1.54) is 0 Å². The molecule has 0 saturated carbocycles. The molecule has 0 atom stereocenters. The van der Waals surface area contributed by atoms with E-state index >= 15 is 0 Å². The van der Waals surface area contributed by atoms with Crippen LogP contribution in [0.2, 0.25) is 0 Å². The molecule has 0 spiro atoms. The number of sulfonamides is 1. The second-order valence-electron chi connectivity index (χ2n) is 5.98. The van der Waals surface area contributed by atoms with Crippen LogP contribution in [0.5, 0.6) is 0 Å². The van der Waals surface area contributed by atoms with Crippen LogP contribution >= 0.6 is 0 Å². The normalized spacial score (nSPS) is 11.6.